The molecular formula is C12H15N5O2. The van der Waals surface area contributed by atoms with Gasteiger partial charge in [0.2, 0.25) is 5.82 Å². The molecule has 2 aromatic rings. The molecule has 2 rings (SSSR count). The van der Waals surface area contributed by atoms with Gasteiger partial charge in [-0.3, -0.25) is 9.89 Å². The number of H-pyrrole nitrogens is 1. The second-order valence-corrected chi connectivity index (χ2v) is 3.86. The van der Waals surface area contributed by atoms with Crippen molar-refractivity contribution in [2.24, 2.45) is 5.73 Å². The van der Waals surface area contributed by atoms with Gasteiger partial charge in [0.1, 0.15) is 18.2 Å². The molecule has 0 spiro atoms. The first-order chi connectivity index (χ1) is 9.19. The third-order valence-electron chi connectivity index (χ3n) is 2.30. The van der Waals surface area contributed by atoms with Crippen LogP contribution in [-0.2, 0) is 0 Å². The Labute approximate surface area is 110 Å². The van der Waals surface area contributed by atoms with Gasteiger partial charge in [0, 0.05) is 12.2 Å². The van der Waals surface area contributed by atoms with E-state index in [0.29, 0.717) is 30.4 Å². The van der Waals surface area contributed by atoms with Crippen molar-refractivity contribution in [2.45, 2.75) is 6.92 Å². The summed E-state index contributed by atoms with van der Waals surface area (Å²) in [4.78, 5) is 15.7. The number of aromatic nitrogens is 3. The number of nitrogens with two attached hydrogens (primary N) is 1. The van der Waals surface area contributed by atoms with Gasteiger partial charge in [0.05, 0.1) is 0 Å². The predicted octanol–water partition coefficient (Wildman–Crippen LogP) is 0.703. The van der Waals surface area contributed by atoms with Crippen LogP contribution in [0.25, 0.3) is 0 Å². The summed E-state index contributed by atoms with van der Waals surface area (Å²) in [6, 6.07) is 7.00. The highest BCUT2D eigenvalue weighted by atomic mass is 16.5. The maximum Gasteiger partial charge on any atom is 0.295 e. The number of nitrogens with one attached hydrogen (secondary N) is 2. The molecule has 0 saturated heterocycles. The lowest BCUT2D eigenvalue weighted by atomic mass is 10.3. The third-order valence-corrected chi connectivity index (χ3v) is 2.30. The summed E-state index contributed by atoms with van der Waals surface area (Å²) in [5.74, 6) is 1.05. The SMILES string of the molecule is Cc1nc(C(=O)Nc2ccc(OCCN)cc2)n[nH]1. The predicted molar refractivity (Wildman–Crippen MR) is 70.1 cm³/mol. The molecule has 1 heterocycles. The van der Waals surface area contributed by atoms with E-state index in [9.17, 15) is 4.79 Å². The van der Waals surface area contributed by atoms with E-state index in [-0.39, 0.29) is 11.7 Å². The normalized spacial score (nSPS) is 10.2. The zero-order valence-electron chi connectivity index (χ0n) is 10.5. The monoisotopic (exact) mass is 261 g/mol. The topological polar surface area (TPSA) is 106 Å². The number of aryl methyl sites for hydroxylation is 1. The van der Waals surface area contributed by atoms with Crippen LogP contribution in [0.15, 0.2) is 24.3 Å². The van der Waals surface area contributed by atoms with E-state index >= 15 is 0 Å². The van der Waals surface area contributed by atoms with Gasteiger partial charge in [-0.1, -0.05) is 0 Å². The summed E-state index contributed by atoms with van der Waals surface area (Å²) in [5.41, 5.74) is 5.99. The molecule has 0 aliphatic heterocycles. The van der Waals surface area contributed by atoms with Crippen LogP contribution in [0.4, 0.5) is 5.69 Å². The zero-order valence-corrected chi connectivity index (χ0v) is 10.5. The van der Waals surface area contributed by atoms with E-state index in [1.54, 1.807) is 31.2 Å². The van der Waals surface area contributed by atoms with Gasteiger partial charge in [-0.2, -0.15) is 0 Å². The molecule has 1 aromatic heterocycles. The summed E-state index contributed by atoms with van der Waals surface area (Å²) in [5, 5.41) is 9.09. The summed E-state index contributed by atoms with van der Waals surface area (Å²) in [6.45, 7) is 2.65. The first kappa shape index (κ1) is 13.0. The maximum atomic E-state index is 11.8. The number of hydrogen-bond acceptors (Lipinski definition) is 5. The minimum absolute atomic E-state index is 0.112. The maximum absolute atomic E-state index is 11.8. The average Bonchev–Trinajstić information content (AvgIpc) is 2.85. The van der Waals surface area contributed by atoms with Crippen LogP contribution >= 0.6 is 0 Å². The van der Waals surface area contributed by atoms with Crippen LogP contribution in [0.1, 0.15) is 16.4 Å². The van der Waals surface area contributed by atoms with Gasteiger partial charge in [0.15, 0.2) is 0 Å². The average molecular weight is 261 g/mol. The summed E-state index contributed by atoms with van der Waals surface area (Å²) < 4.78 is 5.34. The molecular weight excluding hydrogens is 246 g/mol. The molecule has 100 valence electrons. The van der Waals surface area contributed by atoms with Crippen LogP contribution in [-0.4, -0.2) is 34.2 Å². The van der Waals surface area contributed by atoms with E-state index in [1.807, 2.05) is 0 Å². The molecule has 0 fully saturated rings. The van der Waals surface area contributed by atoms with Crippen LogP contribution in [0, 0.1) is 6.92 Å². The number of benzene rings is 1. The van der Waals surface area contributed by atoms with Gasteiger partial charge in [-0.05, 0) is 31.2 Å². The van der Waals surface area contributed by atoms with E-state index < -0.39 is 0 Å². The fourth-order valence-corrected chi connectivity index (χ4v) is 1.44. The lowest BCUT2D eigenvalue weighted by Crippen LogP contribution is -2.14. The second kappa shape index (κ2) is 5.96. The highest BCUT2D eigenvalue weighted by Gasteiger charge is 2.11. The Morgan fingerprint density at radius 1 is 1.42 bits per heavy atom. The molecule has 0 atom stereocenters. The van der Waals surface area contributed by atoms with E-state index in [2.05, 4.69) is 20.5 Å². The molecule has 0 aliphatic carbocycles. The molecule has 4 N–H and O–H groups in total. The van der Waals surface area contributed by atoms with Gasteiger partial charge in [-0.25, -0.2) is 4.98 Å². The highest BCUT2D eigenvalue weighted by molar-refractivity contribution is 6.01. The van der Waals surface area contributed by atoms with Crippen LogP contribution in [0.2, 0.25) is 0 Å². The zero-order chi connectivity index (χ0) is 13.7. The lowest BCUT2D eigenvalue weighted by molar-refractivity contribution is 0.101. The third kappa shape index (κ3) is 3.52. The molecule has 7 nitrogen and oxygen atoms in total. The summed E-state index contributed by atoms with van der Waals surface area (Å²) in [7, 11) is 0. The Balaban J connectivity index is 1.97. The smallest absolute Gasteiger partial charge is 0.295 e. The molecule has 0 aliphatic rings. The van der Waals surface area contributed by atoms with Crippen molar-refractivity contribution in [3.63, 3.8) is 0 Å². The number of nitrogens with zero attached hydrogens (tertiary/aromatic N) is 2. The summed E-state index contributed by atoms with van der Waals surface area (Å²) in [6.07, 6.45) is 0. The van der Waals surface area contributed by atoms with Crippen molar-refractivity contribution in [1.29, 1.82) is 0 Å². The largest absolute Gasteiger partial charge is 0.492 e. The Bertz CT molecular complexity index is 550. The molecule has 0 saturated carbocycles. The number of hydrogen-bond donors (Lipinski definition) is 3. The number of anilines is 1. The van der Waals surface area contributed by atoms with Gasteiger partial charge >= 0.3 is 0 Å². The Morgan fingerprint density at radius 2 is 2.16 bits per heavy atom. The van der Waals surface area contributed by atoms with Crippen molar-refractivity contribution in [3.8, 4) is 5.75 Å². The Morgan fingerprint density at radius 3 is 2.74 bits per heavy atom. The first-order valence-electron chi connectivity index (χ1n) is 5.82. The van der Waals surface area contributed by atoms with Gasteiger partial charge in [-0.15, -0.1) is 5.10 Å². The number of rotatable bonds is 5. The number of carbonyl (C=O) groups excluding carboxylic acids is 1. The van der Waals surface area contributed by atoms with Crippen molar-refractivity contribution >= 4 is 11.6 Å². The van der Waals surface area contributed by atoms with Gasteiger partial charge in [0.25, 0.3) is 5.91 Å². The molecule has 0 bridgehead atoms. The lowest BCUT2D eigenvalue weighted by Gasteiger charge is -2.06. The fourth-order valence-electron chi connectivity index (χ4n) is 1.44. The van der Waals surface area contributed by atoms with E-state index in [0.717, 1.165) is 0 Å². The number of aromatic amines is 1. The molecule has 7 heteroatoms. The van der Waals surface area contributed by atoms with Crippen molar-refractivity contribution in [1.82, 2.24) is 15.2 Å². The van der Waals surface area contributed by atoms with Crippen LogP contribution in [0.5, 0.6) is 5.75 Å². The van der Waals surface area contributed by atoms with E-state index in [4.69, 9.17) is 10.5 Å². The van der Waals surface area contributed by atoms with Crippen LogP contribution in [0.3, 0.4) is 0 Å². The number of carbonyl (C=O) groups is 1. The van der Waals surface area contributed by atoms with Crippen LogP contribution < -0.4 is 15.8 Å². The fraction of sp³-hybridized carbons (Fsp3) is 0.250. The molecule has 1 aromatic carbocycles. The molecule has 0 radical (unpaired) electrons. The number of ether oxygens (including phenoxy) is 1. The van der Waals surface area contributed by atoms with Crippen molar-refractivity contribution in [2.75, 3.05) is 18.5 Å². The molecule has 1 amide bonds. The first-order valence-corrected chi connectivity index (χ1v) is 5.82. The highest BCUT2D eigenvalue weighted by Crippen LogP contribution is 2.15. The van der Waals surface area contributed by atoms with E-state index in [1.165, 1.54) is 0 Å². The molecule has 19 heavy (non-hydrogen) atoms. The minimum Gasteiger partial charge on any atom is -0.492 e. The Hall–Kier alpha value is -2.41. The van der Waals surface area contributed by atoms with Crippen molar-refractivity contribution in [3.05, 3.63) is 35.9 Å². The number of amides is 1. The summed E-state index contributed by atoms with van der Waals surface area (Å²) >= 11 is 0. The Kier molecular flexibility index (Phi) is 4.09. The minimum atomic E-state index is -0.361. The van der Waals surface area contributed by atoms with Gasteiger partial charge < -0.3 is 15.8 Å². The molecule has 0 unspecified atom stereocenters. The quantitative estimate of drug-likeness (QED) is 0.734. The standard InChI is InChI=1S/C12H15N5O2/c1-8-14-11(17-16-8)12(18)15-9-2-4-10(5-3-9)19-7-6-13/h2-5H,6-7,13H2,1H3,(H,15,18)(H,14,16,17). The second-order valence-electron chi connectivity index (χ2n) is 3.86. The van der Waals surface area contributed by atoms with Crippen molar-refractivity contribution < 1.29 is 9.53 Å².